The Hall–Kier alpha value is -0.635. The van der Waals surface area contributed by atoms with Crippen LogP contribution < -0.4 is 9.77 Å². The molecule has 0 fully saturated rings. The zero-order valence-corrected chi connectivity index (χ0v) is 6.88. The van der Waals surface area contributed by atoms with E-state index >= 15 is 0 Å². The van der Waals surface area contributed by atoms with Gasteiger partial charge in [-0.2, -0.15) is 0 Å². The first-order valence-corrected chi connectivity index (χ1v) is 3.88. The van der Waals surface area contributed by atoms with Gasteiger partial charge < -0.3 is 4.31 Å². The smallest absolute Gasteiger partial charge is 0.141 e. The maximum Gasteiger partial charge on any atom is 0.141 e. The van der Waals surface area contributed by atoms with Crippen LogP contribution >= 0.6 is 12.8 Å². The molecular weight excluding hydrogens is 155 g/mol. The van der Waals surface area contributed by atoms with Gasteiger partial charge in [-0.05, 0) is 12.0 Å². The summed E-state index contributed by atoms with van der Waals surface area (Å²) >= 11 is 4.24. The lowest BCUT2D eigenvalue weighted by Crippen LogP contribution is -2.08. The second-order valence-electron chi connectivity index (χ2n) is 2.62. The summed E-state index contributed by atoms with van der Waals surface area (Å²) in [6.45, 7) is 0.925. The number of aromatic nitrogens is 1. The first-order valence-electron chi connectivity index (χ1n) is 3.48. The van der Waals surface area contributed by atoms with Crippen molar-refractivity contribution in [2.24, 2.45) is 0 Å². The predicted octanol–water partition coefficient (Wildman–Crippen LogP) is 0.0827. The second-order valence-corrected chi connectivity index (χ2v) is 3.11. The van der Waals surface area contributed by atoms with Crippen LogP contribution in [-0.2, 0) is 6.42 Å². The van der Waals surface area contributed by atoms with Crippen LogP contribution in [0, 0.1) is 0 Å². The molecule has 2 radical (unpaired) electrons. The van der Waals surface area contributed by atoms with Crippen LogP contribution in [0.1, 0.15) is 5.56 Å². The molecule has 0 aliphatic carbocycles. The van der Waals surface area contributed by atoms with Crippen molar-refractivity contribution in [1.29, 1.82) is 0 Å². The largest absolute Gasteiger partial charge is 0.303 e. The number of fused-ring (bicyclic) bond motifs is 1. The van der Waals surface area contributed by atoms with Crippen LogP contribution in [-0.4, -0.2) is 19.4 Å². The number of pyridine rings is 1. The summed E-state index contributed by atoms with van der Waals surface area (Å²) in [4.78, 5) is 4.16. The third-order valence-electron chi connectivity index (χ3n) is 1.80. The van der Waals surface area contributed by atoms with Crippen LogP contribution in [0.2, 0.25) is 0 Å². The average Bonchev–Trinajstić information content (AvgIpc) is 2.32. The molecular formula is C7H7BN2S. The number of hydrogen-bond donors (Lipinski definition) is 1. The molecule has 2 nitrogen and oxygen atoms in total. The fourth-order valence-electron chi connectivity index (χ4n) is 1.27. The normalized spacial score (nSPS) is 15.2. The fourth-order valence-corrected chi connectivity index (χ4v) is 1.55. The van der Waals surface area contributed by atoms with E-state index in [2.05, 4.69) is 17.8 Å². The van der Waals surface area contributed by atoms with Gasteiger partial charge in [0.1, 0.15) is 13.7 Å². The molecule has 0 N–H and O–H groups in total. The molecule has 0 atom stereocenters. The van der Waals surface area contributed by atoms with E-state index in [9.17, 15) is 0 Å². The van der Waals surface area contributed by atoms with Gasteiger partial charge in [-0.1, -0.05) is 24.3 Å². The third kappa shape index (κ3) is 1.11. The van der Waals surface area contributed by atoms with Crippen LogP contribution in [0.15, 0.2) is 12.3 Å². The van der Waals surface area contributed by atoms with E-state index in [4.69, 9.17) is 7.85 Å². The molecule has 1 aromatic rings. The van der Waals surface area contributed by atoms with Crippen molar-refractivity contribution in [2.75, 3.05) is 10.8 Å². The Bertz CT molecular complexity index is 290. The van der Waals surface area contributed by atoms with Gasteiger partial charge in [0.25, 0.3) is 0 Å². The molecule has 0 aromatic carbocycles. The summed E-state index contributed by atoms with van der Waals surface area (Å²) in [6.07, 6.45) is 2.66. The minimum Gasteiger partial charge on any atom is -0.303 e. The van der Waals surface area contributed by atoms with Gasteiger partial charge in [-0.15, -0.1) is 0 Å². The number of nitrogens with zero attached hydrogens (tertiary/aromatic N) is 2. The van der Waals surface area contributed by atoms with Crippen LogP contribution in [0.25, 0.3) is 0 Å². The molecule has 0 amide bonds. The van der Waals surface area contributed by atoms with E-state index in [1.165, 1.54) is 5.56 Å². The zero-order chi connectivity index (χ0) is 7.84. The van der Waals surface area contributed by atoms with Gasteiger partial charge in [0, 0.05) is 12.7 Å². The van der Waals surface area contributed by atoms with Gasteiger partial charge in [0.15, 0.2) is 0 Å². The molecule has 1 aromatic heterocycles. The van der Waals surface area contributed by atoms with Gasteiger partial charge in [-0.25, -0.2) is 4.98 Å². The monoisotopic (exact) mass is 162 g/mol. The lowest BCUT2D eigenvalue weighted by Gasteiger charge is -2.07. The van der Waals surface area contributed by atoms with Crippen molar-refractivity contribution in [3.05, 3.63) is 17.8 Å². The second kappa shape index (κ2) is 2.45. The summed E-state index contributed by atoms with van der Waals surface area (Å²) in [7, 11) is 5.57. The van der Waals surface area contributed by atoms with Crippen molar-refractivity contribution in [1.82, 2.24) is 4.98 Å². The highest BCUT2D eigenvalue weighted by atomic mass is 32.1. The molecule has 2 heterocycles. The molecule has 0 saturated carbocycles. The Balaban J connectivity index is 2.50. The van der Waals surface area contributed by atoms with Crippen molar-refractivity contribution in [3.63, 3.8) is 0 Å². The topological polar surface area (TPSA) is 16.1 Å². The molecule has 11 heavy (non-hydrogen) atoms. The Morgan fingerprint density at radius 2 is 2.45 bits per heavy atom. The van der Waals surface area contributed by atoms with Crippen molar-refractivity contribution >= 4 is 31.9 Å². The van der Waals surface area contributed by atoms with Crippen molar-refractivity contribution < 1.29 is 0 Å². The summed E-state index contributed by atoms with van der Waals surface area (Å²) in [6, 6.07) is 1.96. The summed E-state index contributed by atoms with van der Waals surface area (Å²) in [5, 5.41) is 0. The minimum atomic E-state index is 0.729. The van der Waals surface area contributed by atoms with E-state index in [-0.39, 0.29) is 0 Å². The highest BCUT2D eigenvalue weighted by molar-refractivity contribution is 7.81. The van der Waals surface area contributed by atoms with E-state index in [1.807, 2.05) is 10.4 Å². The zero-order valence-electron chi connectivity index (χ0n) is 5.99. The fraction of sp³-hybridized carbons (Fsp3) is 0.286. The maximum absolute atomic E-state index is 5.57. The number of rotatable bonds is 0. The van der Waals surface area contributed by atoms with E-state index < -0.39 is 0 Å². The predicted molar refractivity (Wildman–Crippen MR) is 49.7 cm³/mol. The molecule has 0 unspecified atom stereocenters. The maximum atomic E-state index is 5.57. The Kier molecular flexibility index (Phi) is 1.57. The highest BCUT2D eigenvalue weighted by Gasteiger charge is 2.16. The molecule has 0 bridgehead atoms. The standard InChI is InChI=1S/C7H7BN2S/c8-6-3-5-1-2-10(11)7(5)9-4-6/h3-4,11H,1-2H2. The lowest BCUT2D eigenvalue weighted by molar-refractivity contribution is 1.06. The summed E-state index contributed by atoms with van der Waals surface area (Å²) < 4.78 is 1.84. The summed E-state index contributed by atoms with van der Waals surface area (Å²) in [5.74, 6) is 0.947. The van der Waals surface area contributed by atoms with Gasteiger partial charge in [-0.3, -0.25) is 0 Å². The van der Waals surface area contributed by atoms with Crippen molar-refractivity contribution in [2.45, 2.75) is 6.42 Å². The highest BCUT2D eigenvalue weighted by Crippen LogP contribution is 2.24. The first kappa shape index (κ1) is 7.04. The lowest BCUT2D eigenvalue weighted by atomic mass is 9.97. The SMILES string of the molecule is [B]c1cnc2c(c1)CCN2S. The number of thiol groups is 1. The number of hydrogen-bond acceptors (Lipinski definition) is 3. The van der Waals surface area contributed by atoms with Crippen LogP contribution in [0.5, 0.6) is 0 Å². The molecule has 0 saturated heterocycles. The quantitative estimate of drug-likeness (QED) is 0.429. The molecule has 0 spiro atoms. The Morgan fingerprint density at radius 1 is 1.64 bits per heavy atom. The van der Waals surface area contributed by atoms with Crippen molar-refractivity contribution in [3.8, 4) is 0 Å². The average molecular weight is 162 g/mol. The molecule has 1 aliphatic heterocycles. The van der Waals surface area contributed by atoms with E-state index in [1.54, 1.807) is 6.20 Å². The van der Waals surface area contributed by atoms with Gasteiger partial charge in [0.05, 0.1) is 0 Å². The minimum absolute atomic E-state index is 0.729. The third-order valence-corrected chi connectivity index (χ3v) is 2.19. The van der Waals surface area contributed by atoms with Gasteiger partial charge in [0.2, 0.25) is 0 Å². The van der Waals surface area contributed by atoms with E-state index in [0.717, 1.165) is 24.2 Å². The van der Waals surface area contributed by atoms with Crippen LogP contribution in [0.3, 0.4) is 0 Å². The Morgan fingerprint density at radius 3 is 3.27 bits per heavy atom. The molecule has 54 valence electrons. The van der Waals surface area contributed by atoms with E-state index in [0.29, 0.717) is 0 Å². The van der Waals surface area contributed by atoms with Gasteiger partial charge >= 0.3 is 0 Å². The molecule has 4 heteroatoms. The first-order chi connectivity index (χ1) is 5.27. The Labute approximate surface area is 72.6 Å². The number of anilines is 1. The summed E-state index contributed by atoms with van der Waals surface area (Å²) in [5.41, 5.74) is 1.92. The van der Waals surface area contributed by atoms with Crippen LogP contribution in [0.4, 0.5) is 5.82 Å². The molecule has 2 rings (SSSR count). The molecule has 1 aliphatic rings.